The molecule has 0 radical (unpaired) electrons. The summed E-state index contributed by atoms with van der Waals surface area (Å²) in [4.78, 5) is 50.9. The standard InChI is InChI=1S/C27H24N2O7/c1-3-34-20-12-9-15(13-21(20)35-4-2)29-22(30)14-36-27(33)19-11-10-18-23(24(19)28)26(32)17-8-6-5-7-16(17)25(18)31/h5-13H,3-4,14,28H2,1-2H3,(H,29,30). The lowest BCUT2D eigenvalue weighted by molar-refractivity contribution is -0.119. The van der Waals surface area contributed by atoms with E-state index in [0.717, 1.165) is 0 Å². The highest BCUT2D eigenvalue weighted by atomic mass is 16.5. The first-order valence-corrected chi connectivity index (χ1v) is 11.3. The molecule has 0 aromatic heterocycles. The maximum absolute atomic E-state index is 13.0. The van der Waals surface area contributed by atoms with E-state index in [0.29, 0.717) is 30.4 Å². The lowest BCUT2D eigenvalue weighted by Crippen LogP contribution is -2.25. The molecule has 9 nitrogen and oxygen atoms in total. The number of anilines is 2. The largest absolute Gasteiger partial charge is 0.490 e. The second kappa shape index (κ2) is 10.3. The van der Waals surface area contributed by atoms with Gasteiger partial charge in [-0.2, -0.15) is 0 Å². The molecule has 184 valence electrons. The van der Waals surface area contributed by atoms with Gasteiger partial charge < -0.3 is 25.3 Å². The summed E-state index contributed by atoms with van der Waals surface area (Å²) < 4.78 is 16.2. The zero-order chi connectivity index (χ0) is 25.8. The summed E-state index contributed by atoms with van der Waals surface area (Å²) in [6, 6.07) is 14.0. The van der Waals surface area contributed by atoms with Gasteiger partial charge in [0.05, 0.1) is 30.0 Å². The molecule has 0 aliphatic heterocycles. The fraction of sp³-hybridized carbons (Fsp3) is 0.185. The normalized spacial score (nSPS) is 11.8. The Balaban J connectivity index is 1.46. The summed E-state index contributed by atoms with van der Waals surface area (Å²) in [7, 11) is 0. The van der Waals surface area contributed by atoms with Crippen LogP contribution in [0.15, 0.2) is 54.6 Å². The van der Waals surface area contributed by atoms with Crippen LogP contribution in [0.1, 0.15) is 56.0 Å². The van der Waals surface area contributed by atoms with Crippen LogP contribution >= 0.6 is 0 Å². The molecule has 36 heavy (non-hydrogen) atoms. The second-order valence-corrected chi connectivity index (χ2v) is 7.81. The van der Waals surface area contributed by atoms with E-state index in [1.54, 1.807) is 36.4 Å². The van der Waals surface area contributed by atoms with E-state index >= 15 is 0 Å². The zero-order valence-electron chi connectivity index (χ0n) is 19.8. The van der Waals surface area contributed by atoms with Crippen LogP contribution in [-0.4, -0.2) is 43.3 Å². The molecule has 1 aliphatic carbocycles. The van der Waals surface area contributed by atoms with Crippen LogP contribution in [0, 0.1) is 0 Å². The molecular weight excluding hydrogens is 464 g/mol. The maximum atomic E-state index is 13.0. The van der Waals surface area contributed by atoms with Gasteiger partial charge in [0.25, 0.3) is 5.91 Å². The quantitative estimate of drug-likeness (QED) is 0.284. The highest BCUT2D eigenvalue weighted by molar-refractivity contribution is 6.30. The molecule has 0 unspecified atom stereocenters. The number of nitrogens with one attached hydrogen (secondary N) is 1. The number of ketones is 2. The van der Waals surface area contributed by atoms with Gasteiger partial charge in [-0.15, -0.1) is 0 Å². The minimum atomic E-state index is -0.897. The first kappa shape index (κ1) is 24.5. The van der Waals surface area contributed by atoms with Gasteiger partial charge in [0.2, 0.25) is 0 Å². The van der Waals surface area contributed by atoms with E-state index in [4.69, 9.17) is 19.9 Å². The second-order valence-electron chi connectivity index (χ2n) is 7.81. The van der Waals surface area contributed by atoms with Crippen molar-refractivity contribution in [1.29, 1.82) is 0 Å². The van der Waals surface area contributed by atoms with Crippen molar-refractivity contribution < 1.29 is 33.4 Å². The highest BCUT2D eigenvalue weighted by Gasteiger charge is 2.33. The summed E-state index contributed by atoms with van der Waals surface area (Å²) in [5, 5.41) is 2.62. The number of amides is 1. The van der Waals surface area contributed by atoms with Gasteiger partial charge >= 0.3 is 5.97 Å². The Morgan fingerprint density at radius 2 is 1.50 bits per heavy atom. The molecule has 3 aromatic carbocycles. The third-order valence-corrected chi connectivity index (χ3v) is 5.51. The predicted octanol–water partition coefficient (Wildman–Crippen LogP) is 3.64. The molecule has 0 atom stereocenters. The van der Waals surface area contributed by atoms with Crippen molar-refractivity contribution in [2.45, 2.75) is 13.8 Å². The first-order chi connectivity index (χ1) is 17.3. The van der Waals surface area contributed by atoms with Gasteiger partial charge in [0, 0.05) is 28.4 Å². The number of rotatable bonds is 8. The van der Waals surface area contributed by atoms with Crippen molar-refractivity contribution >= 4 is 34.8 Å². The smallest absolute Gasteiger partial charge is 0.340 e. The van der Waals surface area contributed by atoms with Crippen molar-refractivity contribution in [3.05, 3.63) is 82.4 Å². The number of carbonyl (C=O) groups is 4. The number of fused-ring (bicyclic) bond motifs is 2. The monoisotopic (exact) mass is 488 g/mol. The van der Waals surface area contributed by atoms with Crippen molar-refractivity contribution in [2.24, 2.45) is 0 Å². The topological polar surface area (TPSA) is 134 Å². The molecule has 1 amide bonds. The highest BCUT2D eigenvalue weighted by Crippen LogP contribution is 2.33. The number of ether oxygens (including phenoxy) is 3. The molecule has 4 rings (SSSR count). The number of hydrogen-bond acceptors (Lipinski definition) is 8. The Labute approximate surface area is 207 Å². The van der Waals surface area contributed by atoms with E-state index in [2.05, 4.69) is 5.32 Å². The van der Waals surface area contributed by atoms with Crippen molar-refractivity contribution in [3.8, 4) is 11.5 Å². The van der Waals surface area contributed by atoms with Crippen LogP contribution in [0.4, 0.5) is 11.4 Å². The zero-order valence-corrected chi connectivity index (χ0v) is 19.8. The molecule has 9 heteroatoms. The summed E-state index contributed by atoms with van der Waals surface area (Å²) >= 11 is 0. The molecule has 0 saturated carbocycles. The fourth-order valence-electron chi connectivity index (χ4n) is 3.93. The number of nitrogens with two attached hydrogens (primary N) is 1. The van der Waals surface area contributed by atoms with E-state index in [1.807, 2.05) is 13.8 Å². The van der Waals surface area contributed by atoms with Gasteiger partial charge in [-0.1, -0.05) is 24.3 Å². The summed E-state index contributed by atoms with van der Waals surface area (Å²) in [5.41, 5.74) is 6.85. The minimum absolute atomic E-state index is 0.0459. The van der Waals surface area contributed by atoms with E-state index in [9.17, 15) is 19.2 Å². The summed E-state index contributed by atoms with van der Waals surface area (Å²) in [5.74, 6) is -1.28. The third kappa shape index (κ3) is 4.63. The van der Waals surface area contributed by atoms with Crippen molar-refractivity contribution in [1.82, 2.24) is 0 Å². The minimum Gasteiger partial charge on any atom is -0.490 e. The Morgan fingerprint density at radius 3 is 2.19 bits per heavy atom. The maximum Gasteiger partial charge on any atom is 0.340 e. The fourth-order valence-corrected chi connectivity index (χ4v) is 3.93. The third-order valence-electron chi connectivity index (χ3n) is 5.51. The lowest BCUT2D eigenvalue weighted by Gasteiger charge is -2.20. The molecule has 3 aromatic rings. The van der Waals surface area contributed by atoms with Crippen LogP contribution in [-0.2, 0) is 9.53 Å². The van der Waals surface area contributed by atoms with Crippen LogP contribution < -0.4 is 20.5 Å². The first-order valence-electron chi connectivity index (χ1n) is 11.3. The van der Waals surface area contributed by atoms with Crippen LogP contribution in [0.5, 0.6) is 11.5 Å². The van der Waals surface area contributed by atoms with Gasteiger partial charge in [-0.3, -0.25) is 14.4 Å². The molecule has 0 bridgehead atoms. The molecule has 0 spiro atoms. The number of nitrogen functional groups attached to an aromatic ring is 1. The Kier molecular flexibility index (Phi) is 7.00. The molecule has 1 aliphatic rings. The number of hydrogen-bond donors (Lipinski definition) is 2. The summed E-state index contributed by atoms with van der Waals surface area (Å²) in [6.07, 6.45) is 0. The lowest BCUT2D eigenvalue weighted by atomic mass is 9.82. The number of esters is 1. The van der Waals surface area contributed by atoms with Gasteiger partial charge in [-0.25, -0.2) is 4.79 Å². The number of benzene rings is 3. The average molecular weight is 488 g/mol. The van der Waals surface area contributed by atoms with Gasteiger partial charge in [-0.05, 0) is 38.1 Å². The van der Waals surface area contributed by atoms with Crippen LogP contribution in [0.25, 0.3) is 0 Å². The Morgan fingerprint density at radius 1 is 0.833 bits per heavy atom. The molecule has 0 saturated heterocycles. The molecule has 3 N–H and O–H groups in total. The summed E-state index contributed by atoms with van der Waals surface area (Å²) in [6.45, 7) is 3.95. The van der Waals surface area contributed by atoms with Crippen LogP contribution in [0.2, 0.25) is 0 Å². The average Bonchev–Trinajstić information content (AvgIpc) is 2.87. The van der Waals surface area contributed by atoms with Crippen LogP contribution in [0.3, 0.4) is 0 Å². The molecule has 0 fully saturated rings. The van der Waals surface area contributed by atoms with E-state index in [-0.39, 0.29) is 39.3 Å². The van der Waals surface area contributed by atoms with Gasteiger partial charge in [0.1, 0.15) is 0 Å². The SMILES string of the molecule is CCOc1ccc(NC(=O)COC(=O)c2ccc3c(c2N)C(=O)c2ccccc2C3=O)cc1OCC. The Bertz CT molecular complexity index is 1380. The number of carbonyl (C=O) groups excluding carboxylic acids is 4. The van der Waals surface area contributed by atoms with Gasteiger partial charge in [0.15, 0.2) is 29.7 Å². The molecular formula is C27H24N2O7. The Hall–Kier alpha value is -4.66. The van der Waals surface area contributed by atoms with Crippen molar-refractivity contribution in [2.75, 3.05) is 30.9 Å². The predicted molar refractivity (Wildman–Crippen MR) is 132 cm³/mol. The van der Waals surface area contributed by atoms with E-state index in [1.165, 1.54) is 18.2 Å². The van der Waals surface area contributed by atoms with Crippen molar-refractivity contribution in [3.63, 3.8) is 0 Å². The van der Waals surface area contributed by atoms with E-state index < -0.39 is 24.3 Å². The molecule has 0 heterocycles.